The first-order valence-electron chi connectivity index (χ1n) is 19.3. The van der Waals surface area contributed by atoms with Gasteiger partial charge in [0.15, 0.2) is 12.2 Å². The predicted molar refractivity (Wildman–Crippen MR) is 202 cm³/mol. The summed E-state index contributed by atoms with van der Waals surface area (Å²) < 4.78 is 22.6. The summed E-state index contributed by atoms with van der Waals surface area (Å²) in [7, 11) is 0. The lowest BCUT2D eigenvalue weighted by Gasteiger charge is -2.47. The number of hydrogen-bond acceptors (Lipinski definition) is 11. The fourth-order valence-corrected chi connectivity index (χ4v) is 7.99. The van der Waals surface area contributed by atoms with Crippen molar-refractivity contribution < 1.29 is 43.9 Å². The molecule has 1 spiro atoms. The van der Waals surface area contributed by atoms with Crippen LogP contribution in [0.4, 0.5) is 4.79 Å². The molecule has 3 saturated heterocycles. The van der Waals surface area contributed by atoms with Crippen molar-refractivity contribution >= 4 is 24.0 Å². The smallest absolute Gasteiger partial charge is 0.410 e. The van der Waals surface area contributed by atoms with E-state index in [2.05, 4.69) is 61.0 Å². The minimum atomic E-state index is -1.49. The summed E-state index contributed by atoms with van der Waals surface area (Å²) >= 11 is 0. The molecule has 0 saturated carbocycles. The van der Waals surface area contributed by atoms with E-state index in [1.807, 2.05) is 25.7 Å². The van der Waals surface area contributed by atoms with Gasteiger partial charge in [0.25, 0.3) is 0 Å². The summed E-state index contributed by atoms with van der Waals surface area (Å²) in [5, 5.41) is 31.3. The molecule has 4 aliphatic heterocycles. The van der Waals surface area contributed by atoms with Gasteiger partial charge in [0.1, 0.15) is 17.8 Å². The van der Waals surface area contributed by atoms with Crippen molar-refractivity contribution in [3.8, 4) is 0 Å². The zero-order valence-electron chi connectivity index (χ0n) is 32.7. The van der Waals surface area contributed by atoms with Gasteiger partial charge in [0, 0.05) is 45.1 Å². The second kappa shape index (κ2) is 17.5. The van der Waals surface area contributed by atoms with Crippen molar-refractivity contribution in [2.24, 2.45) is 16.3 Å². The summed E-state index contributed by atoms with van der Waals surface area (Å²) in [5.74, 6) is -0.135. The molecule has 5 rings (SSSR count). The third-order valence-electron chi connectivity index (χ3n) is 11.0. The van der Waals surface area contributed by atoms with Gasteiger partial charge in [0.2, 0.25) is 12.2 Å². The summed E-state index contributed by atoms with van der Waals surface area (Å²) in [6, 6.07) is 6.45. The normalized spacial score (nSPS) is 26.7. The Morgan fingerprint density at radius 2 is 1.85 bits per heavy atom. The number of esters is 1. The summed E-state index contributed by atoms with van der Waals surface area (Å²) in [5.41, 5.74) is 5.24. The van der Waals surface area contributed by atoms with E-state index in [1.54, 1.807) is 0 Å². The molecule has 0 unspecified atom stereocenters. The van der Waals surface area contributed by atoms with E-state index in [4.69, 9.17) is 18.9 Å². The van der Waals surface area contributed by atoms with Crippen LogP contribution in [0.25, 0.3) is 6.08 Å². The number of carbonyl (C=O) groups is 2. The Balaban J connectivity index is 1.16. The van der Waals surface area contributed by atoms with Crippen LogP contribution in [0.2, 0.25) is 0 Å². The largest absolute Gasteiger partial charge is 0.457 e. The number of aliphatic imine (C=N–C) groups is 1. The molecule has 0 radical (unpaired) electrons. The van der Waals surface area contributed by atoms with Crippen molar-refractivity contribution in [3.05, 3.63) is 52.1 Å². The first-order valence-corrected chi connectivity index (χ1v) is 19.3. The number of aliphatic hydroxyl groups excluding tert-OH is 3. The SMILES string of the molecule is CC(=O)O[C@@H]1[C@@H](O)[C@H](OC2=NCC(C(C)C)=C2Cc2ccc(/C=C/CCN3CCCC4(CCN(C(=O)OC(C)(C)C)CC4)C3)cc2C)O[C@H](CO)[C@H]1O. The number of rotatable bonds is 10. The van der Waals surface area contributed by atoms with Crippen LogP contribution in [-0.4, -0.2) is 125 Å². The number of aryl methyl sites for hydroxylation is 1. The van der Waals surface area contributed by atoms with Gasteiger partial charge in [-0.25, -0.2) is 9.79 Å². The van der Waals surface area contributed by atoms with E-state index in [0.29, 0.717) is 18.9 Å². The van der Waals surface area contributed by atoms with Gasteiger partial charge in [-0.15, -0.1) is 0 Å². The van der Waals surface area contributed by atoms with Crippen LogP contribution in [0, 0.1) is 18.3 Å². The number of benzene rings is 1. The molecular weight excluding hydrogens is 678 g/mol. The zero-order valence-corrected chi connectivity index (χ0v) is 32.7. The number of amides is 1. The van der Waals surface area contributed by atoms with Crippen LogP contribution in [0.15, 0.2) is 40.4 Å². The van der Waals surface area contributed by atoms with E-state index in [0.717, 1.165) is 79.8 Å². The highest BCUT2D eigenvalue weighted by Crippen LogP contribution is 2.40. The topological polar surface area (TPSA) is 151 Å². The average molecular weight is 740 g/mol. The van der Waals surface area contributed by atoms with Gasteiger partial charge in [-0.3, -0.25) is 4.79 Å². The Kier molecular flexibility index (Phi) is 13.5. The van der Waals surface area contributed by atoms with Gasteiger partial charge in [-0.05, 0) is 99.9 Å². The van der Waals surface area contributed by atoms with E-state index in [9.17, 15) is 24.9 Å². The highest BCUT2D eigenvalue weighted by Gasteiger charge is 2.48. The van der Waals surface area contributed by atoms with E-state index in [1.165, 1.54) is 19.8 Å². The molecular formula is C41H61N3O9. The van der Waals surface area contributed by atoms with E-state index >= 15 is 0 Å². The number of ether oxygens (including phenoxy) is 4. The molecule has 0 aliphatic carbocycles. The Hall–Kier alpha value is -3.29. The van der Waals surface area contributed by atoms with Gasteiger partial charge in [0.05, 0.1) is 13.2 Å². The Morgan fingerprint density at radius 1 is 1.11 bits per heavy atom. The number of aliphatic hydroxyl groups is 3. The maximum atomic E-state index is 12.6. The zero-order chi connectivity index (χ0) is 38.5. The monoisotopic (exact) mass is 739 g/mol. The van der Waals surface area contributed by atoms with E-state index < -0.39 is 48.9 Å². The van der Waals surface area contributed by atoms with Gasteiger partial charge >= 0.3 is 12.1 Å². The average Bonchev–Trinajstić information content (AvgIpc) is 3.49. The number of likely N-dealkylation sites (tertiary alicyclic amines) is 2. The molecule has 3 N–H and O–H groups in total. The van der Waals surface area contributed by atoms with Crippen LogP contribution >= 0.6 is 0 Å². The van der Waals surface area contributed by atoms with Crippen LogP contribution < -0.4 is 0 Å². The molecule has 3 fully saturated rings. The number of hydrogen-bond donors (Lipinski definition) is 3. The minimum Gasteiger partial charge on any atom is -0.457 e. The first-order chi connectivity index (χ1) is 25.1. The fourth-order valence-electron chi connectivity index (χ4n) is 7.99. The first kappa shape index (κ1) is 40.9. The Bertz CT molecular complexity index is 1540. The van der Waals surface area contributed by atoms with Crippen LogP contribution in [-0.2, 0) is 30.2 Å². The van der Waals surface area contributed by atoms with Crippen molar-refractivity contribution in [1.29, 1.82) is 0 Å². The van der Waals surface area contributed by atoms with Gasteiger partial charge in [-0.1, -0.05) is 44.2 Å². The van der Waals surface area contributed by atoms with Crippen molar-refractivity contribution in [1.82, 2.24) is 9.80 Å². The third-order valence-corrected chi connectivity index (χ3v) is 11.0. The lowest BCUT2D eigenvalue weighted by atomic mass is 9.72. The molecule has 294 valence electrons. The van der Waals surface area contributed by atoms with Crippen LogP contribution in [0.1, 0.15) is 90.3 Å². The fraction of sp³-hybridized carbons (Fsp3) is 0.683. The maximum absolute atomic E-state index is 12.6. The lowest BCUT2D eigenvalue weighted by molar-refractivity contribution is -0.284. The van der Waals surface area contributed by atoms with Crippen LogP contribution in [0.5, 0.6) is 0 Å². The summed E-state index contributed by atoms with van der Waals surface area (Å²) in [4.78, 5) is 33.4. The molecule has 4 aliphatic rings. The lowest BCUT2D eigenvalue weighted by Crippen LogP contribution is -2.60. The van der Waals surface area contributed by atoms with Gasteiger partial charge in [-0.2, -0.15) is 0 Å². The standard InChI is InChI=1S/C41H61N3O9/c1-26(2)32-23-42-37(52-38-35(48)36(50-28(4)46)34(47)33(24-45)51-38)31(32)22-30-13-12-29(21-27(30)3)11-8-9-17-43-18-10-14-41(25-43)15-19-44(20-16-41)39(49)53-40(5,6)7/h8,11-13,21,26,33-36,38,45,47-48H,9-10,14-20,22-25H2,1-7H3/b11-8+/t33-,34-,35-,36+,38+/m1/s1. The van der Waals surface area contributed by atoms with Crippen molar-refractivity contribution in [2.75, 3.05) is 45.9 Å². The van der Waals surface area contributed by atoms with Crippen LogP contribution in [0.3, 0.4) is 0 Å². The quantitative estimate of drug-likeness (QED) is 0.286. The second-order valence-corrected chi connectivity index (χ2v) is 16.6. The maximum Gasteiger partial charge on any atom is 0.410 e. The molecule has 1 amide bonds. The number of piperidine rings is 2. The highest BCUT2D eigenvalue weighted by atomic mass is 16.7. The van der Waals surface area contributed by atoms with Crippen molar-refractivity contribution in [2.45, 2.75) is 123 Å². The molecule has 53 heavy (non-hydrogen) atoms. The minimum absolute atomic E-state index is 0.195. The molecule has 4 heterocycles. The molecule has 0 aromatic heterocycles. The highest BCUT2D eigenvalue weighted by molar-refractivity contribution is 5.97. The Labute approximate surface area is 314 Å². The number of nitrogens with zero attached hydrogens (tertiary/aromatic N) is 3. The molecule has 1 aromatic rings. The van der Waals surface area contributed by atoms with Gasteiger partial charge < -0.3 is 44.1 Å². The van der Waals surface area contributed by atoms with Crippen molar-refractivity contribution in [3.63, 3.8) is 0 Å². The predicted octanol–water partition coefficient (Wildman–Crippen LogP) is 4.81. The summed E-state index contributed by atoms with van der Waals surface area (Å²) in [6.45, 7) is 17.9. The molecule has 0 bridgehead atoms. The Morgan fingerprint density at radius 3 is 2.49 bits per heavy atom. The van der Waals surface area contributed by atoms with E-state index in [-0.39, 0.29) is 17.4 Å². The molecule has 12 nitrogen and oxygen atoms in total. The number of carbonyl (C=O) groups excluding carboxylic acids is 2. The second-order valence-electron chi connectivity index (χ2n) is 16.6. The molecule has 5 atom stereocenters. The summed E-state index contributed by atoms with van der Waals surface area (Å²) in [6.07, 6.45) is 3.61. The third kappa shape index (κ3) is 10.5. The molecule has 1 aromatic carbocycles. The molecule has 12 heteroatoms.